The van der Waals surface area contributed by atoms with E-state index in [9.17, 15) is 14.7 Å². The fraction of sp³-hybridized carbons (Fsp3) is 0.514. The number of Topliss-reactive ketones (excluding diaryl/α,β-unsaturated/α-hetero) is 1. The lowest BCUT2D eigenvalue weighted by atomic mass is 9.44. The number of imidazole rings is 1. The Bertz CT molecular complexity index is 1890. The largest absolute Gasteiger partial charge is 0.460 e. The molecule has 246 valence electrons. The smallest absolute Gasteiger partial charge is 0.328 e. The molecule has 47 heavy (non-hydrogen) atoms. The molecular formula is C35H42N8O4. The second-order valence-corrected chi connectivity index (χ2v) is 14.5. The van der Waals surface area contributed by atoms with Gasteiger partial charge in [-0.1, -0.05) is 51.1 Å². The summed E-state index contributed by atoms with van der Waals surface area (Å²) >= 11 is 0. The van der Waals surface area contributed by atoms with Crippen molar-refractivity contribution in [2.24, 2.45) is 34.0 Å². The van der Waals surface area contributed by atoms with Gasteiger partial charge in [0.25, 0.3) is 0 Å². The molecule has 3 heterocycles. The molecule has 0 aliphatic heterocycles. The number of aromatic nitrogens is 7. The van der Waals surface area contributed by atoms with E-state index in [-0.39, 0.29) is 35.5 Å². The molecule has 3 fully saturated rings. The fourth-order valence-corrected chi connectivity index (χ4v) is 9.19. The van der Waals surface area contributed by atoms with Gasteiger partial charge in [-0.25, -0.2) is 19.6 Å². The van der Waals surface area contributed by atoms with Crippen molar-refractivity contribution in [1.29, 1.82) is 0 Å². The van der Waals surface area contributed by atoms with E-state index in [0.717, 1.165) is 30.5 Å². The normalized spacial score (nSPS) is 33.6. The quantitative estimate of drug-likeness (QED) is 0.226. The minimum atomic E-state index is -0.716. The second-order valence-electron chi connectivity index (χ2n) is 14.5. The molecule has 3 N–H and O–H groups in total. The number of carbonyl (C=O) groups excluding carboxylic acids is 2. The van der Waals surface area contributed by atoms with Crippen LogP contribution in [0.5, 0.6) is 0 Å². The summed E-state index contributed by atoms with van der Waals surface area (Å²) in [5.41, 5.74) is 7.63. The topological polar surface area (TPSA) is 164 Å². The molecule has 12 heteroatoms. The minimum absolute atomic E-state index is 0.0867. The summed E-state index contributed by atoms with van der Waals surface area (Å²) in [5.74, 6) is -0.151. The Morgan fingerprint density at radius 3 is 2.81 bits per heavy atom. The molecule has 0 radical (unpaired) electrons. The van der Waals surface area contributed by atoms with E-state index in [1.807, 2.05) is 35.8 Å². The number of nitrogen functional groups attached to an aromatic ring is 1. The van der Waals surface area contributed by atoms with Gasteiger partial charge in [-0.15, -0.1) is 11.7 Å². The predicted molar refractivity (Wildman–Crippen MR) is 175 cm³/mol. The van der Waals surface area contributed by atoms with Crippen LogP contribution in [0.4, 0.5) is 5.82 Å². The van der Waals surface area contributed by atoms with Gasteiger partial charge in [0.2, 0.25) is 0 Å². The van der Waals surface area contributed by atoms with Crippen molar-refractivity contribution in [3.63, 3.8) is 0 Å². The van der Waals surface area contributed by atoms with Gasteiger partial charge in [0, 0.05) is 34.4 Å². The highest BCUT2D eigenvalue weighted by Gasteiger charge is 2.68. The first-order valence-corrected chi connectivity index (χ1v) is 16.4. The van der Waals surface area contributed by atoms with Gasteiger partial charge in [-0.2, -0.15) is 0 Å². The highest BCUT2D eigenvalue weighted by atomic mass is 16.5. The summed E-state index contributed by atoms with van der Waals surface area (Å²) in [7, 11) is 0. The van der Waals surface area contributed by atoms with Crippen LogP contribution in [0.1, 0.15) is 59.8 Å². The highest BCUT2D eigenvalue weighted by molar-refractivity contribution is 5.86. The van der Waals surface area contributed by atoms with Crippen molar-refractivity contribution in [3.8, 4) is 16.9 Å². The number of ketones is 1. The molecule has 3 aliphatic carbocycles. The van der Waals surface area contributed by atoms with Crippen LogP contribution >= 0.6 is 0 Å². The average molecular weight is 639 g/mol. The van der Waals surface area contributed by atoms with Gasteiger partial charge in [0.1, 0.15) is 36.8 Å². The maximum Gasteiger partial charge on any atom is 0.328 e. The highest BCUT2D eigenvalue weighted by Crippen LogP contribution is 2.68. The Hall–Kier alpha value is -4.45. The molecule has 3 saturated carbocycles. The molecule has 7 rings (SSSR count). The van der Waals surface area contributed by atoms with Crippen molar-refractivity contribution in [2.45, 2.75) is 78.6 Å². The van der Waals surface area contributed by atoms with Crippen LogP contribution in [-0.4, -0.2) is 63.6 Å². The molecule has 3 aliphatic rings. The zero-order valence-corrected chi connectivity index (χ0v) is 27.3. The number of esters is 1. The zero-order chi connectivity index (χ0) is 33.3. The van der Waals surface area contributed by atoms with Crippen LogP contribution in [0.2, 0.25) is 0 Å². The third kappa shape index (κ3) is 4.70. The minimum Gasteiger partial charge on any atom is -0.460 e. The van der Waals surface area contributed by atoms with E-state index in [0.29, 0.717) is 35.5 Å². The van der Waals surface area contributed by atoms with Gasteiger partial charge in [-0.3, -0.25) is 14.2 Å². The molecule has 0 saturated heterocycles. The number of nitrogens with two attached hydrogens (primary N) is 1. The van der Waals surface area contributed by atoms with Crippen molar-refractivity contribution in [3.05, 3.63) is 55.8 Å². The van der Waals surface area contributed by atoms with Crippen LogP contribution in [0.15, 0.2) is 55.8 Å². The number of hydrogen-bond acceptors (Lipinski definition) is 10. The van der Waals surface area contributed by atoms with Crippen LogP contribution in [0.3, 0.4) is 0 Å². The van der Waals surface area contributed by atoms with E-state index < -0.39 is 29.0 Å². The Morgan fingerprint density at radius 2 is 2.02 bits per heavy atom. The van der Waals surface area contributed by atoms with Crippen LogP contribution < -0.4 is 5.73 Å². The summed E-state index contributed by atoms with van der Waals surface area (Å²) in [4.78, 5) is 40.1. The lowest BCUT2D eigenvalue weighted by Crippen LogP contribution is -2.63. The first-order valence-electron chi connectivity index (χ1n) is 16.4. The SMILES string of the molecule is C=C[C@]1(C)C[C@@H](OC(=O)Cn2cc(-c3cccc(-n4cnc5c(N)ncnc54)c3)nn2)[C@]2(C)[C@H](C)CC[C@]3(CCC(=O)[C@H]32)[C@@H](C)[C@@H]1O. The maximum absolute atomic E-state index is 13.7. The standard InChI is InChI=1S/C35H42N8O4/c1-6-33(4)15-26(34(5)20(2)10-12-35(21(3)30(33)46)13-11-25(44)29(34)35)47-27(45)17-42-16-24(40-41-42)22-8-7-9-23(14-22)43-19-39-28-31(36)37-18-38-32(28)43/h6-9,14,16,18-21,26,29-30,46H,1,10-13,15,17H2,2-5H3,(H2,36,37,38)/t20-,21+,26-,29+,30+,33-,34+,35+/m1/s1. The van der Waals surface area contributed by atoms with E-state index in [1.54, 1.807) is 18.6 Å². The summed E-state index contributed by atoms with van der Waals surface area (Å²) in [6, 6.07) is 7.65. The van der Waals surface area contributed by atoms with E-state index >= 15 is 0 Å². The second kappa shape index (κ2) is 11.1. The molecule has 4 aromatic rings. The Morgan fingerprint density at radius 1 is 1.21 bits per heavy atom. The van der Waals surface area contributed by atoms with E-state index in [2.05, 4.69) is 52.6 Å². The molecule has 8 atom stereocenters. The third-order valence-corrected chi connectivity index (χ3v) is 12.2. The van der Waals surface area contributed by atoms with Crippen LogP contribution in [0, 0.1) is 34.0 Å². The number of anilines is 1. The lowest BCUT2D eigenvalue weighted by molar-refractivity contribution is -0.207. The fourth-order valence-electron chi connectivity index (χ4n) is 9.19. The zero-order valence-electron chi connectivity index (χ0n) is 27.3. The molecule has 0 spiro atoms. The van der Waals surface area contributed by atoms with Crippen molar-refractivity contribution >= 4 is 28.7 Å². The number of carbonyl (C=O) groups is 2. The van der Waals surface area contributed by atoms with Gasteiger partial charge in [0.15, 0.2) is 17.0 Å². The van der Waals surface area contributed by atoms with Gasteiger partial charge < -0.3 is 15.6 Å². The van der Waals surface area contributed by atoms with E-state index in [4.69, 9.17) is 10.5 Å². The van der Waals surface area contributed by atoms with Crippen molar-refractivity contribution < 1.29 is 19.4 Å². The first kappa shape index (κ1) is 31.2. The van der Waals surface area contributed by atoms with E-state index in [1.165, 1.54) is 11.0 Å². The number of aliphatic hydroxyl groups excluding tert-OH is 1. The predicted octanol–water partition coefficient (Wildman–Crippen LogP) is 4.56. The molecule has 0 unspecified atom stereocenters. The van der Waals surface area contributed by atoms with Crippen molar-refractivity contribution in [2.75, 3.05) is 5.73 Å². The average Bonchev–Trinajstić information content (AvgIpc) is 3.80. The molecule has 1 aromatic carbocycles. The van der Waals surface area contributed by atoms with Gasteiger partial charge in [0.05, 0.1) is 12.3 Å². The number of nitrogens with zero attached hydrogens (tertiary/aromatic N) is 7. The summed E-state index contributed by atoms with van der Waals surface area (Å²) in [6.07, 6.45) is 8.68. The van der Waals surface area contributed by atoms with Crippen molar-refractivity contribution in [1.82, 2.24) is 34.5 Å². The summed E-state index contributed by atoms with van der Waals surface area (Å²) in [5, 5.41) is 20.3. The van der Waals surface area contributed by atoms with Crippen LogP contribution in [-0.2, 0) is 20.9 Å². The number of aliphatic hydroxyl groups is 1. The molecular weight excluding hydrogens is 596 g/mol. The number of benzene rings is 1. The van der Waals surface area contributed by atoms with Crippen LogP contribution in [0.25, 0.3) is 28.1 Å². The molecule has 0 amide bonds. The Labute approximate surface area is 273 Å². The monoisotopic (exact) mass is 638 g/mol. The summed E-state index contributed by atoms with van der Waals surface area (Å²) < 4.78 is 9.67. The molecule has 12 nitrogen and oxygen atoms in total. The molecule has 3 aromatic heterocycles. The van der Waals surface area contributed by atoms with Gasteiger partial charge >= 0.3 is 5.97 Å². The number of hydrogen-bond donors (Lipinski definition) is 2. The number of ether oxygens (including phenoxy) is 1. The van der Waals surface area contributed by atoms with Gasteiger partial charge in [-0.05, 0) is 55.1 Å². The third-order valence-electron chi connectivity index (χ3n) is 12.2. The Balaban J connectivity index is 1.15. The number of rotatable bonds is 6. The maximum atomic E-state index is 13.7. The Kier molecular flexibility index (Phi) is 7.34. The first-order chi connectivity index (χ1) is 22.4. The lowest BCUT2D eigenvalue weighted by Gasteiger charge is -2.61. The number of fused-ring (bicyclic) bond motifs is 1. The summed E-state index contributed by atoms with van der Waals surface area (Å²) in [6.45, 7) is 12.3. The molecule has 2 bridgehead atoms.